The van der Waals surface area contributed by atoms with E-state index in [0.29, 0.717) is 44.9 Å². The average molecular weight is 861 g/mol. The molecule has 8 N–H and O–H groups in total. The Morgan fingerprint density at radius 3 is 2.15 bits per heavy atom. The van der Waals surface area contributed by atoms with Gasteiger partial charge in [-0.15, -0.1) is 0 Å². The van der Waals surface area contributed by atoms with Crippen molar-refractivity contribution in [2.45, 2.75) is 214 Å². The van der Waals surface area contributed by atoms with E-state index in [1.165, 1.54) is 6.92 Å². The Labute approximate surface area is 351 Å². The number of epoxide rings is 1. The number of esters is 1. The lowest BCUT2D eigenvalue weighted by atomic mass is 9.40. The predicted molar refractivity (Wildman–Crippen MR) is 209 cm³/mol. The van der Waals surface area contributed by atoms with Crippen molar-refractivity contribution in [2.24, 2.45) is 28.1 Å². The Bertz CT molecular complexity index is 1630. The van der Waals surface area contributed by atoms with Crippen LogP contribution in [0.2, 0.25) is 0 Å². The van der Waals surface area contributed by atoms with Crippen LogP contribution in [0.1, 0.15) is 107 Å². The number of rotatable bonds is 8. The van der Waals surface area contributed by atoms with Gasteiger partial charge in [-0.25, -0.2) is 0 Å². The average Bonchev–Trinajstić information content (AvgIpc) is 3.52. The first-order valence-corrected chi connectivity index (χ1v) is 22.0. The molecule has 4 aliphatic carbocycles. The quantitative estimate of drug-likeness (QED) is 0.0698. The van der Waals surface area contributed by atoms with Gasteiger partial charge in [0, 0.05) is 18.8 Å². The number of carbonyl (C=O) groups is 1. The van der Waals surface area contributed by atoms with E-state index in [4.69, 9.17) is 45.8 Å². The molecule has 8 fully saturated rings. The highest BCUT2D eigenvalue weighted by Crippen LogP contribution is 2.84. The minimum absolute atomic E-state index is 0.242. The van der Waals surface area contributed by atoms with Crippen molar-refractivity contribution >= 4 is 18.6 Å². The fourth-order valence-electron chi connectivity index (χ4n) is 14.3. The molecule has 16 nitrogen and oxygen atoms in total. The lowest BCUT2D eigenvalue weighted by molar-refractivity contribution is -0.332. The molecule has 0 amide bonds. The number of ether oxygens (including phenoxy) is 7. The standard InChI is InChI=1S/C42H68O16S/c1-19(44)53-30-26(47)21(46)18-52-34(30)56-24-10-12-40-32(35(24,2)3)22(54-33-29(50)28(49)27(48)23(17-43)55-33)16-42(59)39(8)15-20(45)31(37(39,6)13-14-41(40,42)58-40)38(7)11-9-25(57-38)36(4,5)51/h20-34,43,45-51,59H,9-18H2,1-8H3/t20?,21-,22+,23+,24?,25?,26+,27-,28+,29-,30-,31?,32-,33+,34-,37?,38?,39?,40?,41?,42?/m1/s1. The van der Waals surface area contributed by atoms with E-state index in [-0.39, 0.29) is 18.9 Å². The normalized spacial score (nSPS) is 56.7. The van der Waals surface area contributed by atoms with Crippen molar-refractivity contribution in [3.05, 3.63) is 0 Å². The summed E-state index contributed by atoms with van der Waals surface area (Å²) >= 11 is 5.78. The summed E-state index contributed by atoms with van der Waals surface area (Å²) in [5.41, 5.74) is -5.46. The monoisotopic (exact) mass is 860 g/mol. The molecule has 0 aromatic rings. The summed E-state index contributed by atoms with van der Waals surface area (Å²) in [5, 5.41) is 87.4. The molecule has 0 aromatic carbocycles. The Morgan fingerprint density at radius 2 is 1.53 bits per heavy atom. The van der Waals surface area contributed by atoms with Crippen LogP contribution in [0.15, 0.2) is 0 Å². The van der Waals surface area contributed by atoms with Crippen molar-refractivity contribution < 1.29 is 78.8 Å². The molecule has 0 aromatic heterocycles. The molecule has 8 aliphatic rings. The Kier molecular flexibility index (Phi) is 10.9. The van der Waals surface area contributed by atoms with Crippen LogP contribution in [0.3, 0.4) is 0 Å². The minimum Gasteiger partial charge on any atom is -0.454 e. The van der Waals surface area contributed by atoms with Crippen LogP contribution in [0.4, 0.5) is 0 Å². The molecule has 0 bridgehead atoms. The molecule has 2 spiro atoms. The van der Waals surface area contributed by atoms with Crippen LogP contribution in [0.5, 0.6) is 0 Å². The molecule has 17 heteroatoms. The number of thiol groups is 1. The van der Waals surface area contributed by atoms with Crippen molar-refractivity contribution in [2.75, 3.05) is 13.2 Å². The second kappa shape index (κ2) is 14.4. The van der Waals surface area contributed by atoms with Crippen LogP contribution in [-0.4, -0.2) is 167 Å². The summed E-state index contributed by atoms with van der Waals surface area (Å²) in [6, 6.07) is 0. The first kappa shape index (κ1) is 44.9. The first-order chi connectivity index (χ1) is 27.3. The Hall–Kier alpha value is -0.740. The lowest BCUT2D eigenvalue weighted by Gasteiger charge is -2.67. The van der Waals surface area contributed by atoms with Gasteiger partial charge >= 0.3 is 5.97 Å². The largest absolute Gasteiger partial charge is 0.454 e. The fourth-order valence-corrected chi connectivity index (χ4v) is 15.1. The maximum Gasteiger partial charge on any atom is 0.303 e. The summed E-state index contributed by atoms with van der Waals surface area (Å²) in [6.45, 7) is 14.3. The molecule has 4 aliphatic heterocycles. The van der Waals surface area contributed by atoms with Crippen LogP contribution in [0.25, 0.3) is 0 Å². The van der Waals surface area contributed by atoms with Gasteiger partial charge in [0.1, 0.15) is 47.8 Å². The second-order valence-corrected chi connectivity index (χ2v) is 21.9. The summed E-state index contributed by atoms with van der Waals surface area (Å²) < 4.78 is 43.9. The highest BCUT2D eigenvalue weighted by atomic mass is 32.1. The molecule has 338 valence electrons. The lowest BCUT2D eigenvalue weighted by Crippen LogP contribution is -2.73. The number of hydrogen-bond donors (Lipinski definition) is 9. The second-order valence-electron chi connectivity index (χ2n) is 21.2. The molecule has 4 saturated heterocycles. The third-order valence-corrected chi connectivity index (χ3v) is 18.3. The Morgan fingerprint density at radius 1 is 0.831 bits per heavy atom. The number of aliphatic hydroxyl groups is 8. The third-order valence-electron chi connectivity index (χ3n) is 17.3. The van der Waals surface area contributed by atoms with Gasteiger partial charge in [0.25, 0.3) is 0 Å². The number of aliphatic hydroxyl groups excluding tert-OH is 7. The molecule has 10 unspecified atom stereocenters. The summed E-state index contributed by atoms with van der Waals surface area (Å²) in [5.74, 6) is -1.46. The summed E-state index contributed by atoms with van der Waals surface area (Å²) in [4.78, 5) is 12.1. The van der Waals surface area contributed by atoms with Crippen molar-refractivity contribution in [1.82, 2.24) is 0 Å². The van der Waals surface area contributed by atoms with Gasteiger partial charge in [0.15, 0.2) is 18.7 Å². The number of fused-ring (bicyclic) bond motifs is 2. The Balaban J connectivity index is 1.17. The van der Waals surface area contributed by atoms with Gasteiger partial charge in [0.05, 0.1) is 53.6 Å². The van der Waals surface area contributed by atoms with Crippen LogP contribution in [-0.2, 0) is 38.0 Å². The molecule has 21 atom stereocenters. The van der Waals surface area contributed by atoms with E-state index >= 15 is 0 Å². The smallest absolute Gasteiger partial charge is 0.303 e. The van der Waals surface area contributed by atoms with E-state index in [1.54, 1.807) is 13.8 Å². The van der Waals surface area contributed by atoms with Crippen molar-refractivity contribution in [3.8, 4) is 0 Å². The van der Waals surface area contributed by atoms with Gasteiger partial charge in [-0.1, -0.05) is 27.7 Å². The first-order valence-electron chi connectivity index (χ1n) is 21.5. The van der Waals surface area contributed by atoms with E-state index in [0.717, 1.165) is 0 Å². The van der Waals surface area contributed by atoms with E-state index in [2.05, 4.69) is 20.8 Å². The zero-order valence-electron chi connectivity index (χ0n) is 35.5. The number of hydrogen-bond acceptors (Lipinski definition) is 17. The maximum absolute atomic E-state index is 12.3. The fraction of sp³-hybridized carbons (Fsp3) is 0.976. The third kappa shape index (κ3) is 6.18. The van der Waals surface area contributed by atoms with E-state index in [9.17, 15) is 45.6 Å². The molecule has 4 heterocycles. The van der Waals surface area contributed by atoms with Crippen molar-refractivity contribution in [3.63, 3.8) is 0 Å². The molecule has 8 rings (SSSR count). The van der Waals surface area contributed by atoms with E-state index < -0.39 is 142 Å². The van der Waals surface area contributed by atoms with E-state index in [1.807, 2.05) is 13.8 Å². The maximum atomic E-state index is 12.3. The van der Waals surface area contributed by atoms with Gasteiger partial charge < -0.3 is 74.0 Å². The minimum atomic E-state index is -1.68. The molecular weight excluding hydrogens is 793 g/mol. The summed E-state index contributed by atoms with van der Waals surface area (Å²) in [7, 11) is 0. The van der Waals surface area contributed by atoms with Crippen molar-refractivity contribution in [1.29, 1.82) is 0 Å². The highest BCUT2D eigenvalue weighted by Gasteiger charge is 2.92. The van der Waals surface area contributed by atoms with Gasteiger partial charge in [-0.05, 0) is 88.4 Å². The molecule has 4 saturated carbocycles. The summed E-state index contributed by atoms with van der Waals surface area (Å²) in [6.07, 6.45) is -11.2. The van der Waals surface area contributed by atoms with Gasteiger partial charge in [0.2, 0.25) is 0 Å². The molecule has 0 radical (unpaired) electrons. The van der Waals surface area contributed by atoms with Gasteiger partial charge in [-0.2, -0.15) is 12.6 Å². The zero-order valence-corrected chi connectivity index (χ0v) is 36.4. The van der Waals surface area contributed by atoms with Gasteiger partial charge in [-0.3, -0.25) is 4.79 Å². The van der Waals surface area contributed by atoms with Crippen LogP contribution < -0.4 is 0 Å². The predicted octanol–water partition coefficient (Wildman–Crippen LogP) is 0.479. The topological polar surface area (TPSA) is 247 Å². The van der Waals surface area contributed by atoms with Crippen LogP contribution >= 0.6 is 12.6 Å². The van der Waals surface area contributed by atoms with Crippen LogP contribution in [0, 0.1) is 28.1 Å². The molecule has 59 heavy (non-hydrogen) atoms. The molecular formula is C42H68O16S. The number of carbonyl (C=O) groups excluding carboxylic acids is 1. The SMILES string of the molecule is CC(=O)O[C@H]1[C@@H](OC2CCC34OC35CCC3(C)C(C6(C)CCC(C(C)(C)O)O6)C(O)CC3(C)C5(S)C[C@H](O[C@H]3O[C@@H](CO)[C@@H](O)[C@H](O)[C@H]3O)[C@@H]4C2(C)C)OC[C@@H](O)[C@@H]1O. The highest BCUT2D eigenvalue weighted by molar-refractivity contribution is 7.82. The zero-order chi connectivity index (χ0) is 43.3.